The molecule has 1 amide bonds. The minimum absolute atomic E-state index is 0.0201. The van der Waals surface area contributed by atoms with E-state index < -0.39 is 0 Å². The van der Waals surface area contributed by atoms with Crippen LogP contribution in [0, 0.1) is 20.8 Å². The van der Waals surface area contributed by atoms with E-state index in [1.54, 1.807) is 12.4 Å². The first kappa shape index (κ1) is 22.1. The van der Waals surface area contributed by atoms with Crippen molar-refractivity contribution in [2.75, 3.05) is 13.1 Å². The van der Waals surface area contributed by atoms with Crippen molar-refractivity contribution in [3.05, 3.63) is 76.1 Å². The summed E-state index contributed by atoms with van der Waals surface area (Å²) in [5.74, 6) is 1.86. The van der Waals surface area contributed by atoms with Crippen molar-refractivity contribution in [1.29, 1.82) is 0 Å². The molecular formula is C25H32N6O. The number of rotatable bonds is 7. The molecule has 168 valence electrons. The van der Waals surface area contributed by atoms with Crippen LogP contribution in [0.4, 0.5) is 0 Å². The third-order valence-corrected chi connectivity index (χ3v) is 6.35. The molecule has 1 aromatic carbocycles. The summed E-state index contributed by atoms with van der Waals surface area (Å²) in [5.41, 5.74) is 6.51. The zero-order valence-corrected chi connectivity index (χ0v) is 19.3. The summed E-state index contributed by atoms with van der Waals surface area (Å²) in [6.07, 6.45) is 5.54. The Labute approximate surface area is 189 Å². The van der Waals surface area contributed by atoms with Crippen LogP contribution in [0.25, 0.3) is 0 Å². The quantitative estimate of drug-likeness (QED) is 0.621. The lowest BCUT2D eigenvalue weighted by Crippen LogP contribution is -2.28. The summed E-state index contributed by atoms with van der Waals surface area (Å²) in [5, 5.41) is 11.7. The SMILES string of the molecule is Cc1cc(C)c(CN2CCc3nnc(CNC(=O)CCc4cccnc4)n3CC2)cc1C. The normalized spacial score (nSPS) is 14.1. The van der Waals surface area contributed by atoms with Gasteiger partial charge in [0.1, 0.15) is 5.82 Å². The molecule has 0 bridgehead atoms. The van der Waals surface area contributed by atoms with Gasteiger partial charge in [-0.15, -0.1) is 10.2 Å². The van der Waals surface area contributed by atoms with Crippen LogP contribution in [-0.4, -0.2) is 43.6 Å². The van der Waals surface area contributed by atoms with Crippen molar-refractivity contribution in [3.63, 3.8) is 0 Å². The highest BCUT2D eigenvalue weighted by Crippen LogP contribution is 2.19. The van der Waals surface area contributed by atoms with E-state index in [0.29, 0.717) is 19.4 Å². The molecule has 0 spiro atoms. The van der Waals surface area contributed by atoms with Crippen LogP contribution < -0.4 is 5.32 Å². The molecule has 1 N–H and O–H groups in total. The summed E-state index contributed by atoms with van der Waals surface area (Å²) < 4.78 is 2.18. The van der Waals surface area contributed by atoms with Gasteiger partial charge in [0.05, 0.1) is 6.54 Å². The number of benzene rings is 1. The topological polar surface area (TPSA) is 75.9 Å². The maximum atomic E-state index is 12.3. The van der Waals surface area contributed by atoms with Gasteiger partial charge in [-0.3, -0.25) is 14.7 Å². The van der Waals surface area contributed by atoms with Gasteiger partial charge in [0.2, 0.25) is 5.91 Å². The van der Waals surface area contributed by atoms with E-state index in [2.05, 4.69) is 62.9 Å². The highest BCUT2D eigenvalue weighted by Gasteiger charge is 2.19. The van der Waals surface area contributed by atoms with Gasteiger partial charge in [-0.2, -0.15) is 0 Å². The standard InChI is InChI=1S/C25H32N6O/c1-18-13-20(3)22(14-19(18)2)17-30-10-8-23-28-29-24(31(23)12-11-30)16-27-25(32)7-6-21-5-4-9-26-15-21/h4-5,9,13-15H,6-8,10-12,16-17H2,1-3H3,(H,27,32). The van der Waals surface area contributed by atoms with Gasteiger partial charge < -0.3 is 9.88 Å². The Bertz CT molecular complexity index is 1080. The number of pyridine rings is 1. The lowest BCUT2D eigenvalue weighted by atomic mass is 10.0. The van der Waals surface area contributed by atoms with E-state index in [1.807, 2.05) is 12.1 Å². The second-order valence-corrected chi connectivity index (χ2v) is 8.71. The van der Waals surface area contributed by atoms with Gasteiger partial charge in [-0.25, -0.2) is 0 Å². The Morgan fingerprint density at radius 1 is 1.06 bits per heavy atom. The van der Waals surface area contributed by atoms with Crippen molar-refractivity contribution in [2.24, 2.45) is 0 Å². The predicted molar refractivity (Wildman–Crippen MR) is 124 cm³/mol. The predicted octanol–water partition coefficient (Wildman–Crippen LogP) is 2.91. The number of amides is 1. The first-order valence-electron chi connectivity index (χ1n) is 11.3. The first-order valence-corrected chi connectivity index (χ1v) is 11.3. The molecule has 1 aliphatic heterocycles. The van der Waals surface area contributed by atoms with Gasteiger partial charge in [0.15, 0.2) is 5.82 Å². The second kappa shape index (κ2) is 10.0. The van der Waals surface area contributed by atoms with Crippen molar-refractivity contribution >= 4 is 5.91 Å². The summed E-state index contributed by atoms with van der Waals surface area (Å²) in [6, 6.07) is 8.49. The van der Waals surface area contributed by atoms with Gasteiger partial charge >= 0.3 is 0 Å². The molecule has 0 saturated heterocycles. The van der Waals surface area contributed by atoms with Crippen LogP contribution in [0.3, 0.4) is 0 Å². The van der Waals surface area contributed by atoms with Crippen LogP contribution in [0.1, 0.15) is 45.9 Å². The maximum Gasteiger partial charge on any atom is 0.220 e. The number of hydrogen-bond acceptors (Lipinski definition) is 5. The fourth-order valence-corrected chi connectivity index (χ4v) is 4.22. The fourth-order valence-electron chi connectivity index (χ4n) is 4.22. The average molecular weight is 433 g/mol. The summed E-state index contributed by atoms with van der Waals surface area (Å²) in [7, 11) is 0. The second-order valence-electron chi connectivity index (χ2n) is 8.71. The molecule has 2 aromatic heterocycles. The molecule has 32 heavy (non-hydrogen) atoms. The van der Waals surface area contributed by atoms with Crippen LogP contribution in [0.5, 0.6) is 0 Å². The monoisotopic (exact) mass is 432 g/mol. The summed E-state index contributed by atoms with van der Waals surface area (Å²) in [6.45, 7) is 10.7. The van der Waals surface area contributed by atoms with Crippen LogP contribution >= 0.6 is 0 Å². The van der Waals surface area contributed by atoms with Crippen LogP contribution in [-0.2, 0) is 37.3 Å². The summed E-state index contributed by atoms with van der Waals surface area (Å²) >= 11 is 0. The van der Waals surface area contributed by atoms with Crippen molar-refractivity contribution < 1.29 is 4.79 Å². The third kappa shape index (κ3) is 5.40. The molecule has 0 fully saturated rings. The van der Waals surface area contributed by atoms with Crippen molar-refractivity contribution in [3.8, 4) is 0 Å². The minimum atomic E-state index is 0.0201. The molecule has 0 atom stereocenters. The number of nitrogens with one attached hydrogen (secondary N) is 1. The highest BCUT2D eigenvalue weighted by atomic mass is 16.1. The zero-order valence-electron chi connectivity index (χ0n) is 19.3. The van der Waals surface area contributed by atoms with Crippen LogP contribution in [0.15, 0.2) is 36.7 Å². The molecule has 3 aromatic rings. The molecule has 0 unspecified atom stereocenters. The molecule has 0 radical (unpaired) electrons. The Balaban J connectivity index is 1.31. The van der Waals surface area contributed by atoms with E-state index in [4.69, 9.17) is 0 Å². The molecule has 4 rings (SSSR count). The largest absolute Gasteiger partial charge is 0.349 e. The minimum Gasteiger partial charge on any atom is -0.349 e. The number of nitrogens with zero attached hydrogens (tertiary/aromatic N) is 5. The van der Waals surface area contributed by atoms with Gasteiger partial charge in [-0.05, 0) is 61.1 Å². The number of aromatic nitrogens is 4. The fraction of sp³-hybridized carbons (Fsp3) is 0.440. The lowest BCUT2D eigenvalue weighted by Gasteiger charge is -2.21. The van der Waals surface area contributed by atoms with E-state index in [9.17, 15) is 4.79 Å². The smallest absolute Gasteiger partial charge is 0.220 e. The molecule has 3 heterocycles. The van der Waals surface area contributed by atoms with E-state index >= 15 is 0 Å². The van der Waals surface area contributed by atoms with Gasteiger partial charge in [0.25, 0.3) is 0 Å². The Kier molecular flexibility index (Phi) is 6.95. The van der Waals surface area contributed by atoms with Crippen LogP contribution in [0.2, 0.25) is 0 Å². The van der Waals surface area contributed by atoms with E-state index in [0.717, 1.165) is 49.8 Å². The highest BCUT2D eigenvalue weighted by molar-refractivity contribution is 5.76. The number of carbonyl (C=O) groups excluding carboxylic acids is 1. The summed E-state index contributed by atoms with van der Waals surface area (Å²) in [4.78, 5) is 18.9. The molecule has 7 heteroatoms. The molecule has 1 aliphatic rings. The van der Waals surface area contributed by atoms with Gasteiger partial charge in [-0.1, -0.05) is 18.2 Å². The molecule has 0 saturated carbocycles. The number of hydrogen-bond donors (Lipinski definition) is 1. The zero-order chi connectivity index (χ0) is 22.5. The Morgan fingerprint density at radius 2 is 1.91 bits per heavy atom. The number of aryl methyl sites for hydroxylation is 4. The lowest BCUT2D eigenvalue weighted by molar-refractivity contribution is -0.121. The van der Waals surface area contributed by atoms with E-state index in [1.165, 1.54) is 22.3 Å². The third-order valence-electron chi connectivity index (χ3n) is 6.35. The van der Waals surface area contributed by atoms with Crippen molar-refractivity contribution in [2.45, 2.75) is 59.7 Å². The number of fused-ring (bicyclic) bond motifs is 1. The Hall–Kier alpha value is -3.06. The van der Waals surface area contributed by atoms with Crippen molar-refractivity contribution in [1.82, 2.24) is 30.0 Å². The maximum absolute atomic E-state index is 12.3. The molecular weight excluding hydrogens is 400 g/mol. The molecule has 0 aliphatic carbocycles. The number of carbonyl (C=O) groups is 1. The van der Waals surface area contributed by atoms with E-state index in [-0.39, 0.29) is 5.91 Å². The Morgan fingerprint density at radius 3 is 2.72 bits per heavy atom. The molecule has 7 nitrogen and oxygen atoms in total. The first-order chi connectivity index (χ1) is 15.5. The van der Waals surface area contributed by atoms with Gasteiger partial charge in [0, 0.05) is 51.4 Å². The average Bonchev–Trinajstić information content (AvgIpc) is 3.07.